The van der Waals surface area contributed by atoms with E-state index in [9.17, 15) is 14.4 Å². The van der Waals surface area contributed by atoms with Gasteiger partial charge < -0.3 is 10.1 Å². The molecule has 0 radical (unpaired) electrons. The molecule has 1 saturated heterocycles. The topological polar surface area (TPSA) is 104 Å². The quantitative estimate of drug-likeness (QED) is 0.782. The molecule has 9 nitrogen and oxygen atoms in total. The molecule has 2 atom stereocenters. The maximum Gasteiger partial charge on any atom is 0.263 e. The number of imide groups is 1. The second kappa shape index (κ2) is 7.34. The highest BCUT2D eigenvalue weighted by Gasteiger charge is 2.55. The van der Waals surface area contributed by atoms with Crippen LogP contribution in [0.25, 0.3) is 0 Å². The van der Waals surface area contributed by atoms with Gasteiger partial charge in [0.1, 0.15) is 12.3 Å². The van der Waals surface area contributed by atoms with Crippen LogP contribution < -0.4 is 15.0 Å². The minimum absolute atomic E-state index is 0.186. The fourth-order valence-electron chi connectivity index (χ4n) is 3.39. The smallest absolute Gasteiger partial charge is 0.263 e. The molecule has 2 aromatic carbocycles. The Morgan fingerprint density at radius 1 is 1.10 bits per heavy atom. The molecule has 2 aliphatic rings. The van der Waals surface area contributed by atoms with Crippen molar-refractivity contribution in [3.05, 3.63) is 54.1 Å². The maximum absolute atomic E-state index is 12.9. The van der Waals surface area contributed by atoms with Crippen LogP contribution in [0.5, 0.6) is 5.75 Å². The first kappa shape index (κ1) is 18.6. The average molecular weight is 393 g/mol. The molecular formula is C20H19N5O4. The highest BCUT2D eigenvalue weighted by Crippen LogP contribution is 2.32. The van der Waals surface area contributed by atoms with E-state index in [1.165, 1.54) is 12.1 Å². The van der Waals surface area contributed by atoms with E-state index in [-0.39, 0.29) is 12.5 Å². The zero-order valence-corrected chi connectivity index (χ0v) is 15.9. The number of rotatable bonds is 5. The number of amides is 3. The highest BCUT2D eigenvalue weighted by atomic mass is 16.5. The number of carbonyl (C=O) groups excluding carboxylic acids is 3. The molecule has 2 aliphatic heterocycles. The van der Waals surface area contributed by atoms with Gasteiger partial charge in [0.2, 0.25) is 5.91 Å². The molecule has 0 spiro atoms. The molecule has 29 heavy (non-hydrogen) atoms. The molecule has 0 saturated carbocycles. The number of anilines is 2. The normalized spacial score (nSPS) is 20.2. The van der Waals surface area contributed by atoms with Crippen LogP contribution >= 0.6 is 0 Å². The Morgan fingerprint density at radius 3 is 2.52 bits per heavy atom. The number of para-hydroxylation sites is 1. The molecule has 148 valence electrons. The third kappa shape index (κ3) is 3.31. The van der Waals surface area contributed by atoms with E-state index in [0.29, 0.717) is 17.1 Å². The number of carbonyl (C=O) groups is 3. The highest BCUT2D eigenvalue weighted by molar-refractivity contribution is 6.25. The van der Waals surface area contributed by atoms with Crippen molar-refractivity contribution in [3.8, 4) is 5.75 Å². The summed E-state index contributed by atoms with van der Waals surface area (Å²) < 4.78 is 5.10. The summed E-state index contributed by atoms with van der Waals surface area (Å²) in [6.45, 7) is 1.70. The van der Waals surface area contributed by atoms with Crippen LogP contribution in [0.1, 0.15) is 5.56 Å². The van der Waals surface area contributed by atoms with Gasteiger partial charge >= 0.3 is 0 Å². The molecule has 1 fully saturated rings. The van der Waals surface area contributed by atoms with Crippen LogP contribution in [0, 0.1) is 6.92 Å². The monoisotopic (exact) mass is 393 g/mol. The zero-order chi connectivity index (χ0) is 20.5. The number of aryl methyl sites for hydroxylation is 1. The Labute approximate surface area is 166 Å². The van der Waals surface area contributed by atoms with Gasteiger partial charge in [-0.05, 0) is 42.8 Å². The van der Waals surface area contributed by atoms with E-state index < -0.39 is 23.9 Å². The molecule has 3 amide bonds. The van der Waals surface area contributed by atoms with Crippen LogP contribution in [-0.2, 0) is 14.4 Å². The third-order valence-electron chi connectivity index (χ3n) is 4.91. The molecular weight excluding hydrogens is 374 g/mol. The van der Waals surface area contributed by atoms with Crippen molar-refractivity contribution >= 4 is 29.1 Å². The largest absolute Gasteiger partial charge is 0.497 e. The summed E-state index contributed by atoms with van der Waals surface area (Å²) in [4.78, 5) is 39.2. The number of hydrogen-bond donors (Lipinski definition) is 1. The lowest BCUT2D eigenvalue weighted by Gasteiger charge is -2.20. The molecule has 0 unspecified atom stereocenters. The third-order valence-corrected chi connectivity index (χ3v) is 4.91. The number of hydrogen-bond acceptors (Lipinski definition) is 7. The summed E-state index contributed by atoms with van der Waals surface area (Å²) in [5.74, 6) is -0.654. The van der Waals surface area contributed by atoms with Crippen LogP contribution in [0.4, 0.5) is 11.4 Å². The fraction of sp³-hybridized carbons (Fsp3) is 0.250. The fourth-order valence-corrected chi connectivity index (χ4v) is 3.39. The Bertz CT molecular complexity index is 1000. The number of ether oxygens (including phenoxy) is 1. The van der Waals surface area contributed by atoms with E-state index in [2.05, 4.69) is 15.7 Å². The van der Waals surface area contributed by atoms with Crippen molar-refractivity contribution in [1.82, 2.24) is 5.01 Å². The number of nitrogens with one attached hydrogen (secondary N) is 1. The van der Waals surface area contributed by atoms with Gasteiger partial charge in [-0.1, -0.05) is 23.4 Å². The first-order valence-electron chi connectivity index (χ1n) is 9.04. The standard InChI is InChI=1S/C20H19N5O4/c1-12-5-3-4-6-15(12)21-16(26)11-24-18-17(22-23-24)19(27)25(20(18)28)13-7-9-14(29-2)10-8-13/h3-10,17-18H,11H2,1-2H3,(H,21,26)/t17-,18+/m1/s1. The van der Waals surface area contributed by atoms with Gasteiger partial charge in [-0.2, -0.15) is 5.11 Å². The molecule has 0 aliphatic carbocycles. The predicted octanol–water partition coefficient (Wildman–Crippen LogP) is 1.94. The lowest BCUT2D eigenvalue weighted by atomic mass is 10.1. The van der Waals surface area contributed by atoms with E-state index in [1.807, 2.05) is 25.1 Å². The van der Waals surface area contributed by atoms with E-state index in [1.54, 1.807) is 30.3 Å². The minimum atomic E-state index is -0.948. The number of methoxy groups -OCH3 is 1. The van der Waals surface area contributed by atoms with Crippen molar-refractivity contribution in [2.75, 3.05) is 23.9 Å². The molecule has 0 bridgehead atoms. The van der Waals surface area contributed by atoms with Crippen molar-refractivity contribution in [2.45, 2.75) is 19.0 Å². The molecule has 1 N–H and O–H groups in total. The Hall–Kier alpha value is -3.75. The van der Waals surface area contributed by atoms with Gasteiger partial charge in [-0.25, -0.2) is 4.90 Å². The lowest BCUT2D eigenvalue weighted by Crippen LogP contribution is -2.43. The van der Waals surface area contributed by atoms with Crippen molar-refractivity contribution in [1.29, 1.82) is 0 Å². The van der Waals surface area contributed by atoms with Crippen molar-refractivity contribution in [3.63, 3.8) is 0 Å². The molecule has 2 heterocycles. The second-order valence-electron chi connectivity index (χ2n) is 6.77. The summed E-state index contributed by atoms with van der Waals surface area (Å²) >= 11 is 0. The number of nitrogens with zero attached hydrogens (tertiary/aromatic N) is 4. The number of fused-ring (bicyclic) bond motifs is 1. The molecule has 0 aromatic heterocycles. The second-order valence-corrected chi connectivity index (χ2v) is 6.77. The maximum atomic E-state index is 12.9. The van der Waals surface area contributed by atoms with Gasteiger partial charge in [-0.3, -0.25) is 19.4 Å². The van der Waals surface area contributed by atoms with Crippen molar-refractivity contribution in [2.24, 2.45) is 10.3 Å². The Balaban J connectivity index is 1.49. The summed E-state index contributed by atoms with van der Waals surface area (Å²) in [7, 11) is 1.53. The summed E-state index contributed by atoms with van der Waals surface area (Å²) in [6, 6.07) is 12.1. The predicted molar refractivity (Wildman–Crippen MR) is 104 cm³/mol. The molecule has 9 heteroatoms. The first-order valence-corrected chi connectivity index (χ1v) is 9.04. The number of benzene rings is 2. The lowest BCUT2D eigenvalue weighted by molar-refractivity contribution is -0.123. The molecule has 4 rings (SSSR count). The van der Waals surface area contributed by atoms with Gasteiger partial charge in [-0.15, -0.1) is 0 Å². The summed E-state index contributed by atoms with van der Waals surface area (Å²) in [6.07, 6.45) is 0. The van der Waals surface area contributed by atoms with Gasteiger partial charge in [0.15, 0.2) is 12.1 Å². The Kier molecular flexibility index (Phi) is 4.71. The first-order chi connectivity index (χ1) is 14.0. The van der Waals surface area contributed by atoms with E-state index in [4.69, 9.17) is 4.74 Å². The van der Waals surface area contributed by atoms with Gasteiger partial charge in [0, 0.05) is 5.69 Å². The van der Waals surface area contributed by atoms with Crippen LogP contribution in [0.2, 0.25) is 0 Å². The Morgan fingerprint density at radius 2 is 1.83 bits per heavy atom. The average Bonchev–Trinajstić information content (AvgIpc) is 3.23. The van der Waals surface area contributed by atoms with E-state index in [0.717, 1.165) is 10.5 Å². The molecule has 2 aromatic rings. The van der Waals surface area contributed by atoms with Crippen LogP contribution in [0.15, 0.2) is 58.9 Å². The van der Waals surface area contributed by atoms with Gasteiger partial charge in [0.05, 0.1) is 12.8 Å². The summed E-state index contributed by atoms with van der Waals surface area (Å²) in [5, 5.41) is 11.9. The van der Waals surface area contributed by atoms with E-state index >= 15 is 0 Å². The summed E-state index contributed by atoms with van der Waals surface area (Å²) in [5.41, 5.74) is 2.02. The van der Waals surface area contributed by atoms with Crippen LogP contribution in [-0.4, -0.2) is 48.5 Å². The van der Waals surface area contributed by atoms with Crippen molar-refractivity contribution < 1.29 is 19.1 Å². The zero-order valence-electron chi connectivity index (χ0n) is 15.9. The van der Waals surface area contributed by atoms with Crippen LogP contribution in [0.3, 0.4) is 0 Å². The SMILES string of the molecule is COc1ccc(N2C(=O)[C@@H]3[C@@H](N=NN3CC(=O)Nc3ccccc3C)C2=O)cc1. The minimum Gasteiger partial charge on any atom is -0.497 e. The van der Waals surface area contributed by atoms with Gasteiger partial charge in [0.25, 0.3) is 11.8 Å².